The van der Waals surface area contributed by atoms with Gasteiger partial charge in [-0.1, -0.05) is 6.07 Å². The highest BCUT2D eigenvalue weighted by atomic mass is 16.6. The van der Waals surface area contributed by atoms with Crippen molar-refractivity contribution < 1.29 is 4.92 Å². The zero-order valence-corrected chi connectivity index (χ0v) is 10.4. The van der Waals surface area contributed by atoms with Gasteiger partial charge in [-0.05, 0) is 31.4 Å². The first-order valence-electron chi connectivity index (χ1n) is 5.89. The van der Waals surface area contributed by atoms with Gasteiger partial charge in [0.2, 0.25) is 0 Å². The van der Waals surface area contributed by atoms with E-state index in [2.05, 4.69) is 15.6 Å². The predicted octanol–water partition coefficient (Wildman–Crippen LogP) is 1.29. The monoisotopic (exact) mass is 250 g/mol. The van der Waals surface area contributed by atoms with Crippen LogP contribution in [0.4, 0.5) is 0 Å². The Bertz CT molecular complexity index is 392. The van der Waals surface area contributed by atoms with Crippen molar-refractivity contribution >= 4 is 0 Å². The minimum absolute atomic E-state index is 0.429. The summed E-state index contributed by atoms with van der Waals surface area (Å²) in [6.45, 7) is 0.702. The Labute approximate surface area is 106 Å². The quantitative estimate of drug-likeness (QED) is 0.413. The summed E-state index contributed by atoms with van der Waals surface area (Å²) in [5.41, 5.74) is 1.08. The molecule has 0 spiro atoms. The fraction of sp³-hybridized carbons (Fsp3) is 0.417. The summed E-state index contributed by atoms with van der Waals surface area (Å²) < 4.78 is 0. The summed E-state index contributed by atoms with van der Waals surface area (Å²) in [5.74, 6) is 0.429. The first-order chi connectivity index (χ1) is 8.72. The molecule has 0 radical (unpaired) electrons. The second-order valence-electron chi connectivity index (χ2n) is 3.78. The molecular formula is C12H18N4O2. The van der Waals surface area contributed by atoms with E-state index in [0.717, 1.165) is 31.2 Å². The number of aromatic nitrogens is 1. The van der Waals surface area contributed by atoms with Gasteiger partial charge in [0, 0.05) is 25.5 Å². The lowest BCUT2D eigenvalue weighted by Crippen LogP contribution is -2.25. The van der Waals surface area contributed by atoms with Crippen LogP contribution in [0.15, 0.2) is 36.4 Å². The van der Waals surface area contributed by atoms with Gasteiger partial charge in [-0.25, -0.2) is 0 Å². The van der Waals surface area contributed by atoms with E-state index in [1.807, 2.05) is 18.2 Å². The summed E-state index contributed by atoms with van der Waals surface area (Å²) >= 11 is 0. The Morgan fingerprint density at radius 2 is 2.33 bits per heavy atom. The van der Waals surface area contributed by atoms with Gasteiger partial charge in [0.1, 0.15) is 0 Å². The van der Waals surface area contributed by atoms with E-state index in [4.69, 9.17) is 0 Å². The molecule has 6 heteroatoms. The van der Waals surface area contributed by atoms with Crippen molar-refractivity contribution in [2.24, 2.45) is 0 Å². The number of hydrogen-bond donors (Lipinski definition) is 2. The van der Waals surface area contributed by atoms with Crippen molar-refractivity contribution in [3.8, 4) is 0 Å². The molecule has 0 saturated carbocycles. The number of nitrogens with one attached hydrogen (secondary N) is 2. The fourth-order valence-corrected chi connectivity index (χ4v) is 1.50. The van der Waals surface area contributed by atoms with Gasteiger partial charge in [0.15, 0.2) is 5.82 Å². The third-order valence-corrected chi connectivity index (χ3v) is 2.41. The number of pyridine rings is 1. The average molecular weight is 250 g/mol. The van der Waals surface area contributed by atoms with Crippen molar-refractivity contribution in [1.82, 2.24) is 15.6 Å². The molecule has 1 aromatic rings. The number of nitrogens with zero attached hydrogens (tertiary/aromatic N) is 2. The molecule has 1 aromatic heterocycles. The summed E-state index contributed by atoms with van der Waals surface area (Å²) in [6, 6.07) is 5.87. The highest BCUT2D eigenvalue weighted by Crippen LogP contribution is 2.00. The third-order valence-electron chi connectivity index (χ3n) is 2.41. The lowest BCUT2D eigenvalue weighted by atomic mass is 10.2. The Kier molecular flexibility index (Phi) is 6.24. The molecule has 0 aromatic carbocycles. The van der Waals surface area contributed by atoms with Gasteiger partial charge in [-0.15, -0.1) is 0 Å². The molecule has 6 nitrogen and oxygen atoms in total. The number of rotatable bonds is 8. The summed E-state index contributed by atoms with van der Waals surface area (Å²) in [4.78, 5) is 14.0. The zero-order valence-electron chi connectivity index (χ0n) is 10.4. The van der Waals surface area contributed by atoms with Gasteiger partial charge in [0.05, 0.1) is 4.92 Å². The van der Waals surface area contributed by atoms with Crippen LogP contribution in [0.3, 0.4) is 0 Å². The van der Waals surface area contributed by atoms with Crippen LogP contribution in [0.1, 0.15) is 18.5 Å². The standard InChI is InChI=1S/C12H18N4O2/c1-13-12(10-16(17)18)15-9-5-3-7-11-6-2-4-8-14-11/h2,4,6,8,10,13,15H,3,5,7,9H2,1H3. The van der Waals surface area contributed by atoms with Crippen LogP contribution in [0.5, 0.6) is 0 Å². The SMILES string of the molecule is CNC(=C[N+](=O)[O-])NCCCCc1ccccn1. The van der Waals surface area contributed by atoms with Crippen LogP contribution in [0.25, 0.3) is 0 Å². The number of nitro groups is 1. The smallest absolute Gasteiger partial charge is 0.274 e. The van der Waals surface area contributed by atoms with Crippen molar-refractivity contribution in [2.45, 2.75) is 19.3 Å². The molecule has 0 atom stereocenters. The minimum atomic E-state index is -0.479. The van der Waals surface area contributed by atoms with E-state index in [1.165, 1.54) is 0 Å². The Morgan fingerprint density at radius 1 is 1.50 bits per heavy atom. The molecule has 2 N–H and O–H groups in total. The van der Waals surface area contributed by atoms with Crippen LogP contribution in [-0.2, 0) is 6.42 Å². The summed E-state index contributed by atoms with van der Waals surface area (Å²) in [6.07, 6.45) is 5.58. The van der Waals surface area contributed by atoms with Gasteiger partial charge in [-0.2, -0.15) is 0 Å². The third kappa shape index (κ3) is 5.83. The second-order valence-corrected chi connectivity index (χ2v) is 3.78. The van der Waals surface area contributed by atoms with E-state index in [9.17, 15) is 10.1 Å². The largest absolute Gasteiger partial charge is 0.370 e. The van der Waals surface area contributed by atoms with E-state index >= 15 is 0 Å². The lowest BCUT2D eigenvalue weighted by molar-refractivity contribution is -0.404. The molecule has 0 bridgehead atoms. The van der Waals surface area contributed by atoms with E-state index < -0.39 is 4.92 Å². The van der Waals surface area contributed by atoms with Crippen LogP contribution in [0, 0.1) is 10.1 Å². The van der Waals surface area contributed by atoms with Crippen molar-refractivity contribution in [3.63, 3.8) is 0 Å². The first-order valence-corrected chi connectivity index (χ1v) is 5.89. The molecule has 0 saturated heterocycles. The van der Waals surface area contributed by atoms with Gasteiger partial charge >= 0.3 is 0 Å². The molecule has 0 amide bonds. The number of hydrogen-bond acceptors (Lipinski definition) is 5. The molecule has 0 aliphatic carbocycles. The summed E-state index contributed by atoms with van der Waals surface area (Å²) in [7, 11) is 1.65. The summed E-state index contributed by atoms with van der Waals surface area (Å²) in [5, 5.41) is 16.0. The normalized spacial score (nSPS) is 11.1. The van der Waals surface area contributed by atoms with Crippen LogP contribution >= 0.6 is 0 Å². The van der Waals surface area contributed by atoms with Gasteiger partial charge in [0.25, 0.3) is 6.20 Å². The molecule has 0 unspecified atom stereocenters. The molecule has 1 rings (SSSR count). The van der Waals surface area contributed by atoms with Crippen molar-refractivity contribution in [1.29, 1.82) is 0 Å². The highest BCUT2D eigenvalue weighted by Gasteiger charge is 1.99. The predicted molar refractivity (Wildman–Crippen MR) is 69.3 cm³/mol. The highest BCUT2D eigenvalue weighted by molar-refractivity contribution is 5.03. The Morgan fingerprint density at radius 3 is 2.94 bits per heavy atom. The minimum Gasteiger partial charge on any atom is -0.370 e. The maximum atomic E-state index is 10.3. The molecule has 0 aliphatic rings. The van der Waals surface area contributed by atoms with Crippen molar-refractivity contribution in [3.05, 3.63) is 52.2 Å². The molecule has 98 valence electrons. The molecule has 18 heavy (non-hydrogen) atoms. The van der Waals surface area contributed by atoms with Crippen LogP contribution in [-0.4, -0.2) is 23.5 Å². The molecule has 0 fully saturated rings. The lowest BCUT2D eigenvalue weighted by Gasteiger charge is -2.07. The topological polar surface area (TPSA) is 80.1 Å². The number of aryl methyl sites for hydroxylation is 1. The maximum absolute atomic E-state index is 10.3. The van der Waals surface area contributed by atoms with E-state index in [-0.39, 0.29) is 0 Å². The van der Waals surface area contributed by atoms with Gasteiger partial charge in [-0.3, -0.25) is 15.1 Å². The second kappa shape index (κ2) is 8.05. The maximum Gasteiger partial charge on any atom is 0.274 e. The fourth-order valence-electron chi connectivity index (χ4n) is 1.50. The van der Waals surface area contributed by atoms with E-state index in [0.29, 0.717) is 12.4 Å². The van der Waals surface area contributed by atoms with E-state index in [1.54, 1.807) is 13.2 Å². The Balaban J connectivity index is 2.17. The molecule has 0 aliphatic heterocycles. The van der Waals surface area contributed by atoms with Crippen LogP contribution < -0.4 is 10.6 Å². The number of unbranched alkanes of at least 4 members (excludes halogenated alkanes) is 1. The van der Waals surface area contributed by atoms with Crippen LogP contribution in [0.2, 0.25) is 0 Å². The molecular weight excluding hydrogens is 232 g/mol. The molecule has 1 heterocycles. The average Bonchev–Trinajstić information content (AvgIpc) is 2.37. The van der Waals surface area contributed by atoms with Crippen molar-refractivity contribution in [2.75, 3.05) is 13.6 Å². The zero-order chi connectivity index (χ0) is 13.2. The Hall–Kier alpha value is -2.11. The van der Waals surface area contributed by atoms with Gasteiger partial charge < -0.3 is 10.6 Å². The first kappa shape index (κ1) is 14.0.